The van der Waals surface area contributed by atoms with Crippen molar-refractivity contribution >= 4 is 28.8 Å². The second-order valence-corrected chi connectivity index (χ2v) is 6.61. The molecule has 1 N–H and O–H groups in total. The van der Waals surface area contributed by atoms with Crippen LogP contribution in [0.25, 0.3) is 0 Å². The Morgan fingerprint density at radius 2 is 2.00 bits per heavy atom. The first-order valence-corrected chi connectivity index (χ1v) is 8.72. The maximum atomic E-state index is 12.6. The number of thiophene rings is 1. The summed E-state index contributed by atoms with van der Waals surface area (Å²) in [6.45, 7) is 0.599. The molecule has 2 aromatic rings. The van der Waals surface area contributed by atoms with Crippen molar-refractivity contribution in [2.45, 2.75) is 25.3 Å². The first-order valence-electron chi connectivity index (χ1n) is 7.84. The van der Waals surface area contributed by atoms with Gasteiger partial charge < -0.3 is 10.2 Å². The Morgan fingerprint density at radius 3 is 2.67 bits per heavy atom. The molecule has 3 rings (SSSR count). The van der Waals surface area contributed by atoms with Crippen molar-refractivity contribution in [1.29, 1.82) is 5.26 Å². The molecule has 1 saturated heterocycles. The summed E-state index contributed by atoms with van der Waals surface area (Å²) in [5.41, 5.74) is 1.17. The van der Waals surface area contributed by atoms with Gasteiger partial charge in [0.1, 0.15) is 6.04 Å². The third-order valence-electron chi connectivity index (χ3n) is 4.08. The topological polar surface area (TPSA) is 73.2 Å². The van der Waals surface area contributed by atoms with E-state index in [4.69, 9.17) is 5.26 Å². The molecule has 5 nitrogen and oxygen atoms in total. The zero-order chi connectivity index (χ0) is 16.9. The van der Waals surface area contributed by atoms with Crippen LogP contribution in [0.1, 0.15) is 34.5 Å². The number of carbonyl (C=O) groups excluding carboxylic acids is 2. The predicted molar refractivity (Wildman–Crippen MR) is 92.8 cm³/mol. The minimum atomic E-state index is -0.455. The van der Waals surface area contributed by atoms with Crippen molar-refractivity contribution in [3.63, 3.8) is 0 Å². The van der Waals surface area contributed by atoms with E-state index in [1.807, 2.05) is 17.5 Å². The first kappa shape index (κ1) is 16.2. The highest BCUT2D eigenvalue weighted by Crippen LogP contribution is 2.23. The van der Waals surface area contributed by atoms with Crippen LogP contribution >= 0.6 is 11.3 Å². The number of rotatable bonds is 3. The molecule has 1 aromatic carbocycles. The van der Waals surface area contributed by atoms with E-state index >= 15 is 0 Å². The van der Waals surface area contributed by atoms with E-state index in [1.54, 1.807) is 35.2 Å². The molecule has 0 aliphatic carbocycles. The number of nitrogens with zero attached hydrogens (tertiary/aromatic N) is 2. The van der Waals surface area contributed by atoms with Gasteiger partial charge in [0.15, 0.2) is 0 Å². The lowest BCUT2D eigenvalue weighted by molar-refractivity contribution is -0.121. The highest BCUT2D eigenvalue weighted by Gasteiger charge is 2.33. The maximum absolute atomic E-state index is 12.6. The molecule has 1 aliphatic rings. The number of nitrogens with one attached hydrogen (secondary N) is 1. The van der Waals surface area contributed by atoms with Gasteiger partial charge in [0.2, 0.25) is 5.91 Å². The SMILES string of the molecule is N#Cc1ccc(NC(=O)[C@H]2CCCCN2C(=O)c2cccs2)cc1. The molecule has 0 spiro atoms. The molecule has 1 aliphatic heterocycles. The zero-order valence-corrected chi connectivity index (χ0v) is 13.9. The Balaban J connectivity index is 1.73. The average Bonchev–Trinajstić information content (AvgIpc) is 3.16. The maximum Gasteiger partial charge on any atom is 0.264 e. The van der Waals surface area contributed by atoms with Crippen LogP contribution in [0.15, 0.2) is 41.8 Å². The molecule has 6 heteroatoms. The van der Waals surface area contributed by atoms with Gasteiger partial charge in [-0.1, -0.05) is 6.07 Å². The molecule has 0 bridgehead atoms. The largest absolute Gasteiger partial charge is 0.326 e. The molecule has 122 valence electrons. The number of hydrogen-bond donors (Lipinski definition) is 1. The number of amides is 2. The fourth-order valence-corrected chi connectivity index (χ4v) is 3.52. The van der Waals surface area contributed by atoms with Gasteiger partial charge in [0, 0.05) is 12.2 Å². The quantitative estimate of drug-likeness (QED) is 0.933. The summed E-state index contributed by atoms with van der Waals surface area (Å²) in [5, 5.41) is 13.5. The van der Waals surface area contributed by atoms with Gasteiger partial charge in [0.05, 0.1) is 16.5 Å². The smallest absolute Gasteiger partial charge is 0.264 e. The molecule has 24 heavy (non-hydrogen) atoms. The summed E-state index contributed by atoms with van der Waals surface area (Å²) in [6, 6.07) is 11.9. The number of carbonyl (C=O) groups is 2. The Bertz CT molecular complexity index is 763. The van der Waals surface area contributed by atoms with Crippen molar-refractivity contribution in [2.24, 2.45) is 0 Å². The molecular formula is C18H17N3O2S. The van der Waals surface area contributed by atoms with Gasteiger partial charge in [0.25, 0.3) is 5.91 Å². The highest BCUT2D eigenvalue weighted by molar-refractivity contribution is 7.12. The van der Waals surface area contributed by atoms with E-state index in [1.165, 1.54) is 11.3 Å². The molecule has 1 fully saturated rings. The van der Waals surface area contributed by atoms with Crippen LogP contribution in [0.4, 0.5) is 5.69 Å². The lowest BCUT2D eigenvalue weighted by atomic mass is 10.0. The van der Waals surface area contributed by atoms with E-state index in [9.17, 15) is 9.59 Å². The Labute approximate surface area is 144 Å². The number of hydrogen-bond acceptors (Lipinski definition) is 4. The molecule has 1 atom stereocenters. The lowest BCUT2D eigenvalue weighted by Gasteiger charge is -2.34. The summed E-state index contributed by atoms with van der Waals surface area (Å²) in [6.07, 6.45) is 2.51. The van der Waals surface area contributed by atoms with Crippen LogP contribution in [-0.4, -0.2) is 29.3 Å². The summed E-state index contributed by atoms with van der Waals surface area (Å²) < 4.78 is 0. The highest BCUT2D eigenvalue weighted by atomic mass is 32.1. The van der Waals surface area contributed by atoms with Gasteiger partial charge in [-0.25, -0.2) is 0 Å². The monoisotopic (exact) mass is 339 g/mol. The Kier molecular flexibility index (Phi) is 4.92. The lowest BCUT2D eigenvalue weighted by Crippen LogP contribution is -2.49. The number of nitriles is 1. The summed E-state index contributed by atoms with van der Waals surface area (Å²) in [5.74, 6) is -0.256. The second kappa shape index (κ2) is 7.28. The fourth-order valence-electron chi connectivity index (χ4n) is 2.84. The molecule has 2 heterocycles. The molecule has 0 radical (unpaired) electrons. The van der Waals surface area contributed by atoms with Crippen molar-refractivity contribution in [2.75, 3.05) is 11.9 Å². The minimum Gasteiger partial charge on any atom is -0.326 e. The van der Waals surface area contributed by atoms with Crippen molar-refractivity contribution in [3.8, 4) is 6.07 Å². The zero-order valence-electron chi connectivity index (χ0n) is 13.1. The van der Waals surface area contributed by atoms with Gasteiger partial charge in [-0.2, -0.15) is 5.26 Å². The normalized spacial score (nSPS) is 17.1. The van der Waals surface area contributed by atoms with Crippen LogP contribution in [0.5, 0.6) is 0 Å². The van der Waals surface area contributed by atoms with Crippen LogP contribution in [0.3, 0.4) is 0 Å². The molecular weight excluding hydrogens is 322 g/mol. The van der Waals surface area contributed by atoms with E-state index in [0.717, 1.165) is 12.8 Å². The third kappa shape index (κ3) is 3.47. The number of benzene rings is 1. The van der Waals surface area contributed by atoms with Crippen LogP contribution in [-0.2, 0) is 4.79 Å². The predicted octanol–water partition coefficient (Wildman–Crippen LogP) is 3.25. The van der Waals surface area contributed by atoms with E-state index < -0.39 is 6.04 Å². The third-order valence-corrected chi connectivity index (χ3v) is 4.94. The minimum absolute atomic E-state index is 0.0790. The summed E-state index contributed by atoms with van der Waals surface area (Å²) in [4.78, 5) is 27.6. The van der Waals surface area contributed by atoms with Crippen molar-refractivity contribution in [3.05, 3.63) is 52.2 Å². The van der Waals surface area contributed by atoms with Gasteiger partial charge in [-0.05, 0) is 55.0 Å². The summed E-state index contributed by atoms with van der Waals surface area (Å²) in [7, 11) is 0. The summed E-state index contributed by atoms with van der Waals surface area (Å²) >= 11 is 1.39. The van der Waals surface area contributed by atoms with Gasteiger partial charge >= 0.3 is 0 Å². The van der Waals surface area contributed by atoms with Crippen LogP contribution in [0.2, 0.25) is 0 Å². The van der Waals surface area contributed by atoms with E-state index in [-0.39, 0.29) is 11.8 Å². The molecule has 0 unspecified atom stereocenters. The van der Waals surface area contributed by atoms with E-state index in [2.05, 4.69) is 5.32 Å². The van der Waals surface area contributed by atoms with Crippen LogP contribution in [0, 0.1) is 11.3 Å². The standard InChI is InChI=1S/C18H17N3O2S/c19-12-13-6-8-14(9-7-13)20-17(22)15-4-1-2-10-21(15)18(23)16-5-3-11-24-16/h3,5-9,11,15H,1-2,4,10H2,(H,20,22)/t15-/m1/s1. The second-order valence-electron chi connectivity index (χ2n) is 5.67. The number of piperidine rings is 1. The van der Waals surface area contributed by atoms with Crippen molar-refractivity contribution in [1.82, 2.24) is 4.90 Å². The van der Waals surface area contributed by atoms with Crippen LogP contribution < -0.4 is 5.32 Å². The number of likely N-dealkylation sites (tertiary alicyclic amines) is 1. The first-order chi connectivity index (χ1) is 11.7. The van der Waals surface area contributed by atoms with Gasteiger partial charge in [-0.3, -0.25) is 9.59 Å². The molecule has 0 saturated carbocycles. The van der Waals surface area contributed by atoms with Gasteiger partial charge in [-0.15, -0.1) is 11.3 Å². The Morgan fingerprint density at radius 1 is 1.21 bits per heavy atom. The number of anilines is 1. The van der Waals surface area contributed by atoms with Crippen molar-refractivity contribution < 1.29 is 9.59 Å². The fraction of sp³-hybridized carbons (Fsp3) is 0.278. The molecule has 1 aromatic heterocycles. The average molecular weight is 339 g/mol. The Hall–Kier alpha value is -2.65. The van der Waals surface area contributed by atoms with E-state index in [0.29, 0.717) is 29.1 Å². The molecule has 2 amide bonds.